The molecule has 1 saturated carbocycles. The van der Waals surface area contributed by atoms with Gasteiger partial charge in [0.25, 0.3) is 0 Å². The lowest BCUT2D eigenvalue weighted by Crippen LogP contribution is -2.57. The summed E-state index contributed by atoms with van der Waals surface area (Å²) in [5, 5.41) is 0. The molecule has 5 rings (SSSR count). The molecule has 0 radical (unpaired) electrons. The SMILES string of the molecule is CC(C)Oc1cccc(CN2CCC3(CC2)C(=NC2CCCCC2)N(C)C(=O)N3c2cccc(F)c2)c1. The van der Waals surface area contributed by atoms with Crippen LogP contribution in [0.1, 0.15) is 64.4 Å². The molecule has 2 aromatic rings. The summed E-state index contributed by atoms with van der Waals surface area (Å²) in [7, 11) is 1.83. The standard InChI is InChI=1S/C30H39FN4O2/c1-22(2)37-27-14-7-9-23(19-27)21-34-17-15-30(16-18-34)28(32-25-11-5-4-6-12-25)33(3)29(36)35(30)26-13-8-10-24(31)20-26/h7-10,13-14,19-20,22,25H,4-6,11-12,15-18,21H2,1-3H3. The second-order valence-electron chi connectivity index (χ2n) is 11.0. The topological polar surface area (TPSA) is 48.4 Å². The lowest BCUT2D eigenvalue weighted by molar-refractivity contribution is 0.183. The minimum atomic E-state index is -0.559. The number of carbonyl (C=O) groups is 1. The van der Waals surface area contributed by atoms with Crippen LogP contribution >= 0.6 is 0 Å². The Labute approximate surface area is 220 Å². The minimum absolute atomic E-state index is 0.118. The molecule has 1 spiro atoms. The van der Waals surface area contributed by atoms with Gasteiger partial charge in [0, 0.05) is 32.4 Å². The molecule has 2 amide bonds. The number of halogens is 1. The fourth-order valence-corrected chi connectivity index (χ4v) is 6.17. The van der Waals surface area contributed by atoms with Crippen LogP contribution in [0.5, 0.6) is 5.75 Å². The third-order valence-electron chi connectivity index (χ3n) is 7.95. The van der Waals surface area contributed by atoms with Crippen molar-refractivity contribution in [2.45, 2.75) is 83.0 Å². The van der Waals surface area contributed by atoms with Crippen LogP contribution in [0.15, 0.2) is 53.5 Å². The number of carbonyl (C=O) groups excluding carboxylic acids is 1. The summed E-state index contributed by atoms with van der Waals surface area (Å²) in [4.78, 5) is 24.9. The zero-order valence-corrected chi connectivity index (χ0v) is 22.3. The van der Waals surface area contributed by atoms with Crippen LogP contribution in [-0.2, 0) is 6.54 Å². The fraction of sp³-hybridized carbons (Fsp3) is 0.533. The predicted molar refractivity (Wildman–Crippen MR) is 146 cm³/mol. The lowest BCUT2D eigenvalue weighted by Gasteiger charge is -2.44. The van der Waals surface area contributed by atoms with Gasteiger partial charge in [0.15, 0.2) is 0 Å². The Kier molecular flexibility index (Phi) is 7.52. The number of amidine groups is 1. The van der Waals surface area contributed by atoms with Crippen LogP contribution in [0.3, 0.4) is 0 Å². The van der Waals surface area contributed by atoms with Gasteiger partial charge in [-0.05, 0) is 75.4 Å². The normalized spacial score (nSPS) is 22.0. The fourth-order valence-electron chi connectivity index (χ4n) is 6.17. The second kappa shape index (κ2) is 10.8. The molecule has 6 nitrogen and oxygen atoms in total. The highest BCUT2D eigenvalue weighted by Crippen LogP contribution is 2.42. The van der Waals surface area contributed by atoms with E-state index in [1.807, 2.05) is 44.0 Å². The van der Waals surface area contributed by atoms with Crippen molar-refractivity contribution >= 4 is 17.6 Å². The van der Waals surface area contributed by atoms with Gasteiger partial charge < -0.3 is 4.74 Å². The molecule has 0 N–H and O–H groups in total. The number of likely N-dealkylation sites (N-methyl/N-ethyl adjacent to an activating group) is 1. The molecule has 37 heavy (non-hydrogen) atoms. The Morgan fingerprint density at radius 2 is 1.78 bits per heavy atom. The van der Waals surface area contributed by atoms with Crippen LogP contribution < -0.4 is 9.64 Å². The maximum atomic E-state index is 14.3. The number of hydrogen-bond donors (Lipinski definition) is 0. The van der Waals surface area contributed by atoms with E-state index in [1.54, 1.807) is 11.0 Å². The van der Waals surface area contributed by atoms with E-state index in [0.29, 0.717) is 5.69 Å². The number of ether oxygens (including phenoxy) is 1. The summed E-state index contributed by atoms with van der Waals surface area (Å²) in [6, 6.07) is 14.9. The van der Waals surface area contributed by atoms with E-state index in [4.69, 9.17) is 9.73 Å². The van der Waals surface area contributed by atoms with E-state index in [2.05, 4.69) is 17.0 Å². The van der Waals surface area contributed by atoms with Gasteiger partial charge in [-0.15, -0.1) is 0 Å². The molecule has 0 aromatic heterocycles. The zero-order chi connectivity index (χ0) is 26.0. The highest BCUT2D eigenvalue weighted by atomic mass is 19.1. The molecule has 0 bridgehead atoms. The van der Waals surface area contributed by atoms with Crippen molar-refractivity contribution in [3.05, 3.63) is 59.9 Å². The van der Waals surface area contributed by atoms with Crippen LogP contribution in [0.4, 0.5) is 14.9 Å². The second-order valence-corrected chi connectivity index (χ2v) is 11.0. The molecule has 3 fully saturated rings. The number of piperidine rings is 1. The molecule has 198 valence electrons. The van der Waals surface area contributed by atoms with Crippen molar-refractivity contribution in [3.8, 4) is 5.75 Å². The van der Waals surface area contributed by atoms with Gasteiger partial charge >= 0.3 is 6.03 Å². The Morgan fingerprint density at radius 3 is 2.49 bits per heavy atom. The largest absolute Gasteiger partial charge is 0.491 e. The molecule has 2 aliphatic heterocycles. The average Bonchev–Trinajstić information content (AvgIpc) is 3.07. The Balaban J connectivity index is 1.42. The van der Waals surface area contributed by atoms with Gasteiger partial charge in [-0.25, -0.2) is 9.18 Å². The van der Waals surface area contributed by atoms with Crippen LogP contribution in [0.2, 0.25) is 0 Å². The summed E-state index contributed by atoms with van der Waals surface area (Å²) >= 11 is 0. The van der Waals surface area contributed by atoms with Crippen molar-refractivity contribution in [2.24, 2.45) is 4.99 Å². The van der Waals surface area contributed by atoms with Crippen molar-refractivity contribution in [1.82, 2.24) is 9.80 Å². The number of amides is 2. The molecule has 2 heterocycles. The number of hydrogen-bond acceptors (Lipinski definition) is 4. The van der Waals surface area contributed by atoms with Gasteiger partial charge in [0.1, 0.15) is 22.9 Å². The van der Waals surface area contributed by atoms with Crippen molar-refractivity contribution in [3.63, 3.8) is 0 Å². The summed E-state index contributed by atoms with van der Waals surface area (Å²) in [5.41, 5.74) is 1.26. The predicted octanol–water partition coefficient (Wildman–Crippen LogP) is 6.25. The average molecular weight is 507 g/mol. The first kappa shape index (κ1) is 25.7. The van der Waals surface area contributed by atoms with Crippen LogP contribution in [-0.4, -0.2) is 59.5 Å². The van der Waals surface area contributed by atoms with E-state index in [9.17, 15) is 9.18 Å². The molecule has 1 aliphatic carbocycles. The summed E-state index contributed by atoms with van der Waals surface area (Å²) in [6.45, 7) is 6.54. The van der Waals surface area contributed by atoms with E-state index in [-0.39, 0.29) is 24.0 Å². The first-order chi connectivity index (χ1) is 17.9. The summed E-state index contributed by atoms with van der Waals surface area (Å²) < 4.78 is 20.2. The van der Waals surface area contributed by atoms with Crippen molar-refractivity contribution in [2.75, 3.05) is 25.0 Å². The third kappa shape index (κ3) is 5.37. The maximum Gasteiger partial charge on any atom is 0.330 e. The molecule has 2 aromatic carbocycles. The molecule has 3 aliphatic rings. The van der Waals surface area contributed by atoms with Gasteiger partial charge in [0.2, 0.25) is 0 Å². The van der Waals surface area contributed by atoms with E-state index < -0.39 is 5.54 Å². The highest BCUT2D eigenvalue weighted by molar-refractivity contribution is 6.18. The Morgan fingerprint density at radius 1 is 1.05 bits per heavy atom. The lowest BCUT2D eigenvalue weighted by atomic mass is 9.84. The van der Waals surface area contributed by atoms with E-state index in [1.165, 1.54) is 37.0 Å². The molecule has 2 saturated heterocycles. The maximum absolute atomic E-state index is 14.3. The van der Waals surface area contributed by atoms with E-state index in [0.717, 1.165) is 56.9 Å². The number of aliphatic imine (C=N–C) groups is 1. The highest BCUT2D eigenvalue weighted by Gasteiger charge is 2.56. The monoisotopic (exact) mass is 506 g/mol. The summed E-state index contributed by atoms with van der Waals surface area (Å²) in [6.07, 6.45) is 7.43. The number of benzene rings is 2. The minimum Gasteiger partial charge on any atom is -0.491 e. The summed E-state index contributed by atoms with van der Waals surface area (Å²) in [5.74, 6) is 1.42. The first-order valence-electron chi connectivity index (χ1n) is 13.8. The molecular formula is C30H39FN4O2. The molecule has 0 unspecified atom stereocenters. The number of urea groups is 1. The first-order valence-corrected chi connectivity index (χ1v) is 13.8. The quantitative estimate of drug-likeness (QED) is 0.465. The number of likely N-dealkylation sites (tertiary alicyclic amines) is 1. The van der Waals surface area contributed by atoms with Crippen LogP contribution in [0.25, 0.3) is 0 Å². The van der Waals surface area contributed by atoms with Crippen LogP contribution in [0, 0.1) is 5.82 Å². The third-order valence-corrected chi connectivity index (χ3v) is 7.95. The van der Waals surface area contributed by atoms with E-state index >= 15 is 0 Å². The smallest absolute Gasteiger partial charge is 0.330 e. The number of anilines is 1. The van der Waals surface area contributed by atoms with Crippen molar-refractivity contribution in [1.29, 1.82) is 0 Å². The Hall–Kier alpha value is -2.93. The molecule has 0 atom stereocenters. The van der Waals surface area contributed by atoms with Gasteiger partial charge in [-0.1, -0.05) is 37.5 Å². The zero-order valence-electron chi connectivity index (χ0n) is 22.3. The van der Waals surface area contributed by atoms with Crippen molar-refractivity contribution < 1.29 is 13.9 Å². The Bertz CT molecular complexity index is 1140. The molecular weight excluding hydrogens is 467 g/mol. The number of nitrogens with zero attached hydrogens (tertiary/aromatic N) is 4. The van der Waals surface area contributed by atoms with Gasteiger partial charge in [0.05, 0.1) is 12.1 Å². The van der Waals surface area contributed by atoms with Gasteiger partial charge in [-0.3, -0.25) is 19.7 Å². The van der Waals surface area contributed by atoms with Gasteiger partial charge in [-0.2, -0.15) is 0 Å². The molecule has 7 heteroatoms. The number of rotatable bonds is 6.